The first-order valence-electron chi connectivity index (χ1n) is 7.17. The molecule has 1 aromatic heterocycles. The number of benzene rings is 1. The van der Waals surface area contributed by atoms with Gasteiger partial charge in [0.2, 0.25) is 0 Å². The van der Waals surface area contributed by atoms with Crippen molar-refractivity contribution in [3.8, 4) is 5.75 Å². The number of carboxylic acid groups (broad SMARTS) is 2. The average Bonchev–Trinajstić information content (AvgIpc) is 2.51. The molecule has 9 nitrogen and oxygen atoms in total. The van der Waals surface area contributed by atoms with Crippen molar-refractivity contribution in [2.24, 2.45) is 0 Å². The number of aliphatic carboxylic acids is 2. The predicted molar refractivity (Wildman–Crippen MR) is 84.5 cm³/mol. The molecular formula is C16H15NO8. The second-order valence-electron chi connectivity index (χ2n) is 5.25. The zero-order chi connectivity index (χ0) is 18.6. The lowest BCUT2D eigenvalue weighted by atomic mass is 10.1. The minimum absolute atomic E-state index is 0.238. The predicted octanol–water partition coefficient (Wildman–Crippen LogP) is 0.524. The van der Waals surface area contributed by atoms with Crippen LogP contribution in [0, 0.1) is 6.92 Å². The third-order valence-electron chi connectivity index (χ3n) is 3.30. The molecule has 0 saturated carbocycles. The Morgan fingerprint density at radius 1 is 1.24 bits per heavy atom. The molecule has 2 aromatic rings. The first-order chi connectivity index (χ1) is 11.8. The molecule has 0 aliphatic heterocycles. The third kappa shape index (κ3) is 4.80. The Balaban J connectivity index is 2.04. The van der Waals surface area contributed by atoms with Crippen molar-refractivity contribution in [1.82, 2.24) is 5.32 Å². The van der Waals surface area contributed by atoms with E-state index in [2.05, 4.69) is 5.32 Å². The summed E-state index contributed by atoms with van der Waals surface area (Å²) in [5.41, 5.74) is 0.503. The number of hydrogen-bond donors (Lipinski definition) is 3. The van der Waals surface area contributed by atoms with Crippen LogP contribution in [0.2, 0.25) is 0 Å². The van der Waals surface area contributed by atoms with Crippen LogP contribution in [-0.4, -0.2) is 40.7 Å². The summed E-state index contributed by atoms with van der Waals surface area (Å²) in [7, 11) is 0. The van der Waals surface area contributed by atoms with E-state index in [1.165, 1.54) is 12.1 Å². The van der Waals surface area contributed by atoms with Gasteiger partial charge in [0.1, 0.15) is 17.4 Å². The Kier molecular flexibility index (Phi) is 5.38. The Bertz CT molecular complexity index is 885. The lowest BCUT2D eigenvalue weighted by Crippen LogP contribution is -2.44. The van der Waals surface area contributed by atoms with Crippen LogP contribution in [-0.2, 0) is 14.4 Å². The number of rotatable bonds is 7. The van der Waals surface area contributed by atoms with Gasteiger partial charge in [0.25, 0.3) is 5.91 Å². The highest BCUT2D eigenvalue weighted by Gasteiger charge is 2.23. The summed E-state index contributed by atoms with van der Waals surface area (Å²) in [5, 5.41) is 20.3. The normalized spacial score (nSPS) is 11.7. The zero-order valence-corrected chi connectivity index (χ0v) is 13.1. The summed E-state index contributed by atoms with van der Waals surface area (Å²) in [5.74, 6) is -3.37. The molecule has 0 fully saturated rings. The lowest BCUT2D eigenvalue weighted by molar-refractivity contribution is -0.147. The smallest absolute Gasteiger partial charge is 0.336 e. The van der Waals surface area contributed by atoms with Crippen molar-refractivity contribution in [2.45, 2.75) is 19.4 Å². The second-order valence-corrected chi connectivity index (χ2v) is 5.25. The van der Waals surface area contributed by atoms with Gasteiger partial charge >= 0.3 is 17.6 Å². The Morgan fingerprint density at radius 2 is 1.96 bits per heavy atom. The number of hydrogen-bond acceptors (Lipinski definition) is 6. The van der Waals surface area contributed by atoms with E-state index in [0.29, 0.717) is 5.39 Å². The molecule has 1 aromatic carbocycles. The quantitative estimate of drug-likeness (QED) is 0.614. The zero-order valence-electron chi connectivity index (χ0n) is 13.1. The van der Waals surface area contributed by atoms with Crippen LogP contribution in [0.1, 0.15) is 12.0 Å². The first kappa shape index (κ1) is 18.0. The van der Waals surface area contributed by atoms with Crippen LogP contribution < -0.4 is 15.7 Å². The number of nitrogens with one attached hydrogen (secondary N) is 1. The average molecular weight is 349 g/mol. The highest BCUT2D eigenvalue weighted by Crippen LogP contribution is 2.22. The molecule has 3 N–H and O–H groups in total. The van der Waals surface area contributed by atoms with Crippen molar-refractivity contribution < 1.29 is 33.8 Å². The van der Waals surface area contributed by atoms with E-state index in [1.807, 2.05) is 0 Å². The minimum Gasteiger partial charge on any atom is -0.484 e. The molecular weight excluding hydrogens is 334 g/mol. The number of carboxylic acids is 2. The molecule has 0 bridgehead atoms. The molecule has 1 atom stereocenters. The maximum absolute atomic E-state index is 11.7. The van der Waals surface area contributed by atoms with Gasteiger partial charge in [0.15, 0.2) is 6.61 Å². The summed E-state index contributed by atoms with van der Waals surface area (Å²) in [6.45, 7) is 1.23. The summed E-state index contributed by atoms with van der Waals surface area (Å²) in [6, 6.07) is 4.46. The molecule has 9 heteroatoms. The molecule has 132 valence electrons. The van der Waals surface area contributed by atoms with Crippen LogP contribution in [0.5, 0.6) is 5.75 Å². The number of fused-ring (bicyclic) bond motifs is 1. The molecule has 1 amide bonds. The van der Waals surface area contributed by atoms with E-state index in [-0.39, 0.29) is 11.3 Å². The second kappa shape index (κ2) is 7.47. The molecule has 0 spiro atoms. The van der Waals surface area contributed by atoms with E-state index < -0.39 is 42.5 Å². The van der Waals surface area contributed by atoms with Crippen LogP contribution in [0.25, 0.3) is 11.0 Å². The van der Waals surface area contributed by atoms with Crippen molar-refractivity contribution in [2.75, 3.05) is 6.61 Å². The highest BCUT2D eigenvalue weighted by molar-refractivity contribution is 5.87. The molecule has 0 saturated heterocycles. The van der Waals surface area contributed by atoms with E-state index >= 15 is 0 Å². The highest BCUT2D eigenvalue weighted by atomic mass is 16.5. The number of carbonyl (C=O) groups is 3. The molecule has 25 heavy (non-hydrogen) atoms. The van der Waals surface area contributed by atoms with Crippen molar-refractivity contribution in [3.05, 3.63) is 40.2 Å². The van der Waals surface area contributed by atoms with Crippen LogP contribution in [0.15, 0.2) is 33.5 Å². The number of aryl methyl sites for hydroxylation is 1. The minimum atomic E-state index is -1.55. The third-order valence-corrected chi connectivity index (χ3v) is 3.30. The topological polar surface area (TPSA) is 143 Å². The number of amides is 1. The number of carbonyl (C=O) groups excluding carboxylic acids is 1. The van der Waals surface area contributed by atoms with E-state index in [9.17, 15) is 19.2 Å². The van der Waals surface area contributed by atoms with Gasteiger partial charge in [-0.1, -0.05) is 0 Å². The van der Waals surface area contributed by atoms with E-state index in [0.717, 1.165) is 5.56 Å². The fraction of sp³-hybridized carbons (Fsp3) is 0.250. The van der Waals surface area contributed by atoms with E-state index in [1.54, 1.807) is 19.1 Å². The summed E-state index contributed by atoms with van der Waals surface area (Å²) >= 11 is 0. The van der Waals surface area contributed by atoms with Crippen molar-refractivity contribution in [1.29, 1.82) is 0 Å². The Morgan fingerprint density at radius 3 is 2.60 bits per heavy atom. The van der Waals surface area contributed by atoms with Gasteiger partial charge in [-0.2, -0.15) is 0 Å². The standard InChI is InChI=1S/C16H15NO8/c1-8-4-15(21)25-12-5-9(2-3-10(8)12)24-7-13(18)17-11(16(22)23)6-14(19)20/h2-5,11H,6-7H2,1H3,(H,17,18)(H,19,20)(H,22,23)/t11-/m0/s1. The SMILES string of the molecule is Cc1cc(=O)oc2cc(OCC(=O)N[C@@H](CC(=O)O)C(=O)O)ccc12. The molecule has 0 aliphatic carbocycles. The van der Waals surface area contributed by atoms with Crippen molar-refractivity contribution >= 4 is 28.8 Å². The molecule has 0 aliphatic rings. The first-order valence-corrected chi connectivity index (χ1v) is 7.17. The summed E-state index contributed by atoms with van der Waals surface area (Å²) in [4.78, 5) is 44.6. The van der Waals surface area contributed by atoms with Crippen LogP contribution in [0.3, 0.4) is 0 Å². The van der Waals surface area contributed by atoms with Gasteiger partial charge in [-0.05, 0) is 24.6 Å². The molecule has 1 heterocycles. The molecule has 2 rings (SSSR count). The molecule has 0 radical (unpaired) electrons. The monoisotopic (exact) mass is 349 g/mol. The summed E-state index contributed by atoms with van der Waals surface area (Å²) < 4.78 is 10.3. The van der Waals surface area contributed by atoms with Gasteiger partial charge in [-0.3, -0.25) is 9.59 Å². The van der Waals surface area contributed by atoms with Gasteiger partial charge in [-0.25, -0.2) is 9.59 Å². The maximum Gasteiger partial charge on any atom is 0.336 e. The van der Waals surface area contributed by atoms with Gasteiger partial charge < -0.3 is 24.7 Å². The van der Waals surface area contributed by atoms with Gasteiger partial charge in [-0.15, -0.1) is 0 Å². The van der Waals surface area contributed by atoms with Crippen molar-refractivity contribution in [3.63, 3.8) is 0 Å². The van der Waals surface area contributed by atoms with Crippen LogP contribution in [0.4, 0.5) is 0 Å². The van der Waals surface area contributed by atoms with Crippen LogP contribution >= 0.6 is 0 Å². The Hall–Kier alpha value is -3.36. The lowest BCUT2D eigenvalue weighted by Gasteiger charge is -2.13. The maximum atomic E-state index is 11.7. The fourth-order valence-corrected chi connectivity index (χ4v) is 2.15. The van der Waals surface area contributed by atoms with Gasteiger partial charge in [0.05, 0.1) is 6.42 Å². The largest absolute Gasteiger partial charge is 0.484 e. The van der Waals surface area contributed by atoms with E-state index in [4.69, 9.17) is 19.4 Å². The summed E-state index contributed by atoms with van der Waals surface area (Å²) in [6.07, 6.45) is -0.749. The number of ether oxygens (including phenoxy) is 1. The molecule has 0 unspecified atom stereocenters. The Labute approximate surface area is 140 Å². The fourth-order valence-electron chi connectivity index (χ4n) is 2.15. The van der Waals surface area contributed by atoms with Gasteiger partial charge in [0, 0.05) is 17.5 Å².